The molecule has 126 valence electrons. The summed E-state index contributed by atoms with van der Waals surface area (Å²) in [6.07, 6.45) is 6.79. The van der Waals surface area contributed by atoms with Crippen molar-refractivity contribution < 1.29 is 4.79 Å². The molecule has 1 aliphatic carbocycles. The van der Waals surface area contributed by atoms with E-state index in [0.717, 1.165) is 17.4 Å². The Balaban J connectivity index is 0.000000185. The molecule has 1 unspecified atom stereocenters. The van der Waals surface area contributed by atoms with Crippen LogP contribution in [0.5, 0.6) is 0 Å². The number of thioether (sulfide) groups is 1. The zero-order valence-corrected chi connectivity index (χ0v) is 15.0. The first-order valence-corrected chi connectivity index (χ1v) is 9.41. The first-order chi connectivity index (χ1) is 11.1. The van der Waals surface area contributed by atoms with E-state index in [2.05, 4.69) is 5.32 Å². The molecule has 0 spiro atoms. The number of hydrogen-bond donors (Lipinski definition) is 2. The molecule has 0 saturated heterocycles. The van der Waals surface area contributed by atoms with Crippen molar-refractivity contribution in [1.29, 1.82) is 0 Å². The minimum atomic E-state index is 0.128. The maximum absolute atomic E-state index is 11.2. The Labute approximate surface area is 144 Å². The second-order valence-electron chi connectivity index (χ2n) is 6.31. The van der Waals surface area contributed by atoms with E-state index in [4.69, 9.17) is 5.73 Å². The van der Waals surface area contributed by atoms with Gasteiger partial charge in [-0.3, -0.25) is 4.79 Å². The summed E-state index contributed by atoms with van der Waals surface area (Å²) in [6, 6.07) is 10.2. The van der Waals surface area contributed by atoms with Gasteiger partial charge in [0.1, 0.15) is 0 Å². The third kappa shape index (κ3) is 5.70. The lowest BCUT2D eigenvalue weighted by Crippen LogP contribution is -2.16. The molecule has 4 heteroatoms. The van der Waals surface area contributed by atoms with Crippen LogP contribution in [0, 0.1) is 0 Å². The summed E-state index contributed by atoms with van der Waals surface area (Å²) in [4.78, 5) is 12.5. The highest BCUT2D eigenvalue weighted by molar-refractivity contribution is 8.03. The fraction of sp³-hybridized carbons (Fsp3) is 0.526. The molecule has 23 heavy (non-hydrogen) atoms. The molecule has 1 amide bonds. The maximum Gasteiger partial charge on any atom is 0.248 e. The normalized spacial score (nSPS) is 19.9. The number of amides is 1. The molecular formula is C19H28N2OS. The molecule has 1 aliphatic heterocycles. The minimum Gasteiger partial charge on any atom is -0.348 e. The molecule has 1 aromatic carbocycles. The lowest BCUT2D eigenvalue weighted by atomic mass is 10.0. The molecular weight excluding hydrogens is 304 g/mol. The van der Waals surface area contributed by atoms with Crippen LogP contribution < -0.4 is 11.1 Å². The third-order valence-electron chi connectivity index (χ3n) is 4.35. The van der Waals surface area contributed by atoms with E-state index in [-0.39, 0.29) is 11.9 Å². The van der Waals surface area contributed by atoms with Gasteiger partial charge in [0.15, 0.2) is 0 Å². The molecule has 2 aliphatic rings. The van der Waals surface area contributed by atoms with Gasteiger partial charge in [0.2, 0.25) is 5.91 Å². The number of nitrogens with one attached hydrogen (secondary N) is 1. The topological polar surface area (TPSA) is 55.1 Å². The van der Waals surface area contributed by atoms with E-state index >= 15 is 0 Å². The van der Waals surface area contributed by atoms with Crippen molar-refractivity contribution >= 4 is 17.7 Å². The average Bonchev–Trinajstić information content (AvgIpc) is 2.89. The van der Waals surface area contributed by atoms with E-state index in [1.165, 1.54) is 42.6 Å². The number of rotatable bonds is 3. The number of nitrogens with two attached hydrogens (primary N) is 1. The number of carbonyl (C=O) groups is 1. The molecule has 3 N–H and O–H groups in total. The summed E-state index contributed by atoms with van der Waals surface area (Å²) in [6.45, 7) is 4.69. The predicted molar refractivity (Wildman–Crippen MR) is 99.2 cm³/mol. The van der Waals surface area contributed by atoms with Gasteiger partial charge in [0.25, 0.3) is 0 Å². The van der Waals surface area contributed by atoms with E-state index in [9.17, 15) is 4.79 Å². The van der Waals surface area contributed by atoms with Gasteiger partial charge in [-0.1, -0.05) is 49.6 Å². The van der Waals surface area contributed by atoms with Crippen LogP contribution >= 0.6 is 11.8 Å². The van der Waals surface area contributed by atoms with Gasteiger partial charge in [0.05, 0.1) is 0 Å². The van der Waals surface area contributed by atoms with Gasteiger partial charge in [-0.2, -0.15) is 0 Å². The Kier molecular flexibility index (Phi) is 7.18. The van der Waals surface area contributed by atoms with E-state index in [1.807, 2.05) is 55.9 Å². The quantitative estimate of drug-likeness (QED) is 0.874. The molecule has 1 fully saturated rings. The summed E-state index contributed by atoms with van der Waals surface area (Å²) in [7, 11) is 0. The van der Waals surface area contributed by atoms with Crippen LogP contribution in [0.15, 0.2) is 40.8 Å². The molecule has 0 bridgehead atoms. The lowest BCUT2D eigenvalue weighted by Gasteiger charge is -2.21. The summed E-state index contributed by atoms with van der Waals surface area (Å²) in [5.41, 5.74) is 7.75. The zero-order chi connectivity index (χ0) is 16.7. The first kappa shape index (κ1) is 18.1. The van der Waals surface area contributed by atoms with Crippen molar-refractivity contribution in [2.75, 3.05) is 6.54 Å². The zero-order valence-electron chi connectivity index (χ0n) is 14.2. The summed E-state index contributed by atoms with van der Waals surface area (Å²) in [5, 5.41) is 3.64. The second-order valence-corrected chi connectivity index (χ2v) is 7.70. The molecule has 0 radical (unpaired) electrons. The summed E-state index contributed by atoms with van der Waals surface area (Å²) >= 11 is 1.94. The van der Waals surface area contributed by atoms with Crippen molar-refractivity contribution in [2.24, 2.45) is 5.73 Å². The number of hydrogen-bond acceptors (Lipinski definition) is 3. The maximum atomic E-state index is 11.2. The van der Waals surface area contributed by atoms with Crippen molar-refractivity contribution in [1.82, 2.24) is 5.32 Å². The van der Waals surface area contributed by atoms with Crippen molar-refractivity contribution in [3.05, 3.63) is 46.4 Å². The van der Waals surface area contributed by atoms with Crippen molar-refractivity contribution in [3.63, 3.8) is 0 Å². The van der Waals surface area contributed by atoms with Crippen LogP contribution in [0.1, 0.15) is 57.6 Å². The van der Waals surface area contributed by atoms with Crippen molar-refractivity contribution in [2.45, 2.75) is 57.2 Å². The molecule has 1 heterocycles. The van der Waals surface area contributed by atoms with E-state index < -0.39 is 0 Å². The number of carbonyl (C=O) groups excluding carboxylic acids is 1. The molecule has 3 rings (SSSR count). The minimum absolute atomic E-state index is 0.128. The highest BCUT2D eigenvalue weighted by Gasteiger charge is 2.23. The van der Waals surface area contributed by atoms with Gasteiger partial charge in [-0.05, 0) is 32.3 Å². The largest absolute Gasteiger partial charge is 0.348 e. The molecule has 1 saturated carbocycles. The Bertz CT molecular complexity index is 534. The van der Waals surface area contributed by atoms with Gasteiger partial charge >= 0.3 is 0 Å². The second kappa shape index (κ2) is 9.14. The standard InChI is InChI=1S/C11H17NOS.C8H11N/c1-8-10(7-12-11(8)13)14-9-5-3-2-4-6-9;1-7(9)8-5-3-2-4-6-8/h9H,2-7H2,1H3,(H,12,13);2-7H,9H2,1H3. The fourth-order valence-electron chi connectivity index (χ4n) is 2.82. The first-order valence-electron chi connectivity index (χ1n) is 8.53. The van der Waals surface area contributed by atoms with E-state index in [1.54, 1.807) is 0 Å². The molecule has 1 atom stereocenters. The van der Waals surface area contributed by atoms with Gasteiger partial charge < -0.3 is 11.1 Å². The van der Waals surface area contributed by atoms with Gasteiger partial charge in [-0.25, -0.2) is 0 Å². The monoisotopic (exact) mass is 332 g/mol. The highest BCUT2D eigenvalue weighted by Crippen LogP contribution is 2.35. The molecule has 1 aromatic rings. The fourth-order valence-corrected chi connectivity index (χ4v) is 4.22. The van der Waals surface area contributed by atoms with Crippen LogP contribution in [0.25, 0.3) is 0 Å². The smallest absolute Gasteiger partial charge is 0.248 e. The lowest BCUT2D eigenvalue weighted by molar-refractivity contribution is -0.116. The Morgan fingerprint density at radius 1 is 1.17 bits per heavy atom. The summed E-state index contributed by atoms with van der Waals surface area (Å²) in [5.74, 6) is 0.128. The Morgan fingerprint density at radius 2 is 1.83 bits per heavy atom. The SMILES string of the molecule is CC(N)c1ccccc1.CC1=C(SC2CCCCC2)CNC1=O. The van der Waals surface area contributed by atoms with Crippen molar-refractivity contribution in [3.8, 4) is 0 Å². The van der Waals surface area contributed by atoms with E-state index in [0.29, 0.717) is 0 Å². The average molecular weight is 333 g/mol. The highest BCUT2D eigenvalue weighted by atomic mass is 32.2. The van der Waals surface area contributed by atoms with Crippen LogP contribution in [-0.4, -0.2) is 17.7 Å². The predicted octanol–water partition coefficient (Wildman–Crippen LogP) is 4.16. The van der Waals surface area contributed by atoms with Crippen LogP contribution in [0.3, 0.4) is 0 Å². The number of benzene rings is 1. The van der Waals surface area contributed by atoms with Crippen LogP contribution in [0.2, 0.25) is 0 Å². The third-order valence-corrected chi connectivity index (χ3v) is 5.89. The molecule has 0 aromatic heterocycles. The molecule has 3 nitrogen and oxygen atoms in total. The van der Waals surface area contributed by atoms with Crippen LogP contribution in [-0.2, 0) is 4.79 Å². The summed E-state index contributed by atoms with van der Waals surface area (Å²) < 4.78 is 0. The van der Waals surface area contributed by atoms with Gasteiger partial charge in [-0.15, -0.1) is 11.8 Å². The van der Waals surface area contributed by atoms with Gasteiger partial charge in [0, 0.05) is 28.3 Å². The van der Waals surface area contributed by atoms with Crippen LogP contribution in [0.4, 0.5) is 0 Å². The Hall–Kier alpha value is -1.26. The Morgan fingerprint density at radius 3 is 2.30 bits per heavy atom.